The van der Waals surface area contributed by atoms with E-state index < -0.39 is 5.41 Å². The van der Waals surface area contributed by atoms with Gasteiger partial charge in [-0.15, -0.1) is 17.9 Å². The highest BCUT2D eigenvalue weighted by molar-refractivity contribution is 7.17. The number of fused-ring (bicyclic) bond motifs is 1. The van der Waals surface area contributed by atoms with E-state index in [0.29, 0.717) is 6.42 Å². The molecule has 0 aliphatic rings. The average Bonchev–Trinajstić information content (AvgIpc) is 2.73. The molecule has 0 aliphatic carbocycles. The van der Waals surface area contributed by atoms with Gasteiger partial charge in [-0.1, -0.05) is 38.1 Å². The van der Waals surface area contributed by atoms with Crippen LogP contribution in [-0.2, 0) is 0 Å². The third-order valence-corrected chi connectivity index (χ3v) is 4.08. The lowest BCUT2D eigenvalue weighted by molar-refractivity contribution is 0.358. The van der Waals surface area contributed by atoms with E-state index in [9.17, 15) is 4.39 Å². The van der Waals surface area contributed by atoms with Crippen LogP contribution in [0, 0.1) is 5.41 Å². The lowest BCUT2D eigenvalue weighted by Gasteiger charge is -2.20. The fourth-order valence-electron chi connectivity index (χ4n) is 1.90. The van der Waals surface area contributed by atoms with E-state index in [1.54, 1.807) is 23.5 Å². The molecule has 2 heteroatoms. The number of hydrogen-bond acceptors (Lipinski definition) is 1. The molecule has 0 aliphatic heterocycles. The first-order valence-corrected chi connectivity index (χ1v) is 6.87. The summed E-state index contributed by atoms with van der Waals surface area (Å²) < 4.78 is 15.5. The maximum Gasteiger partial charge on any atom is 0.106 e. The molecule has 0 amide bonds. The summed E-state index contributed by atoms with van der Waals surface area (Å²) >= 11 is 1.65. The third kappa shape index (κ3) is 2.54. The number of rotatable bonds is 4. The fourth-order valence-corrected chi connectivity index (χ4v) is 2.82. The average molecular weight is 260 g/mol. The highest BCUT2D eigenvalue weighted by atomic mass is 32.1. The second-order valence-electron chi connectivity index (χ2n) is 5.06. The third-order valence-electron chi connectivity index (χ3n) is 3.09. The van der Waals surface area contributed by atoms with Gasteiger partial charge in [0.1, 0.15) is 5.83 Å². The summed E-state index contributed by atoms with van der Waals surface area (Å²) in [4.78, 5) is 0. The van der Waals surface area contributed by atoms with Crippen LogP contribution < -0.4 is 0 Å². The van der Waals surface area contributed by atoms with Crippen molar-refractivity contribution in [2.75, 3.05) is 0 Å². The van der Waals surface area contributed by atoms with Crippen molar-refractivity contribution in [3.05, 3.63) is 53.7 Å². The fraction of sp³-hybridized carbons (Fsp3) is 0.250. The molecule has 0 nitrogen and oxygen atoms in total. The molecule has 1 aromatic carbocycles. The number of allylic oxidation sites excluding steroid dienone is 2. The van der Waals surface area contributed by atoms with E-state index in [2.05, 4.69) is 12.6 Å². The smallest absolute Gasteiger partial charge is 0.106 e. The molecule has 0 unspecified atom stereocenters. The van der Waals surface area contributed by atoms with E-state index in [1.165, 1.54) is 4.70 Å². The summed E-state index contributed by atoms with van der Waals surface area (Å²) in [5.74, 6) is -0.0917. The van der Waals surface area contributed by atoms with E-state index >= 15 is 0 Å². The zero-order chi connectivity index (χ0) is 13.2. The molecule has 0 radical (unpaired) electrons. The molecular formula is C16H17FS. The summed E-state index contributed by atoms with van der Waals surface area (Å²) in [5, 5.41) is 3.13. The number of thiophene rings is 1. The van der Waals surface area contributed by atoms with Crippen LogP contribution in [0.4, 0.5) is 4.39 Å². The van der Waals surface area contributed by atoms with Gasteiger partial charge in [-0.3, -0.25) is 0 Å². The molecule has 0 atom stereocenters. The largest absolute Gasteiger partial charge is 0.211 e. The Morgan fingerprint density at radius 1 is 1.39 bits per heavy atom. The topological polar surface area (TPSA) is 0 Å². The van der Waals surface area contributed by atoms with E-state index in [-0.39, 0.29) is 5.83 Å². The van der Waals surface area contributed by atoms with Crippen molar-refractivity contribution in [2.45, 2.75) is 20.3 Å². The molecule has 0 saturated carbocycles. The molecule has 0 bridgehead atoms. The minimum atomic E-state index is -0.481. The Kier molecular flexibility index (Phi) is 3.67. The zero-order valence-corrected chi connectivity index (χ0v) is 11.6. The quantitative estimate of drug-likeness (QED) is 0.608. The molecule has 0 spiro atoms. The van der Waals surface area contributed by atoms with Gasteiger partial charge in [-0.2, -0.15) is 0 Å². The van der Waals surface area contributed by atoms with Crippen LogP contribution in [0.25, 0.3) is 16.2 Å². The highest BCUT2D eigenvalue weighted by Gasteiger charge is 2.22. The van der Waals surface area contributed by atoms with Crippen molar-refractivity contribution in [1.29, 1.82) is 0 Å². The van der Waals surface area contributed by atoms with Crippen LogP contribution in [0.15, 0.2) is 48.1 Å². The van der Waals surface area contributed by atoms with Crippen molar-refractivity contribution in [2.24, 2.45) is 5.41 Å². The molecule has 94 valence electrons. The molecule has 1 aromatic heterocycles. The first-order valence-electron chi connectivity index (χ1n) is 5.99. The minimum Gasteiger partial charge on any atom is -0.211 e. The van der Waals surface area contributed by atoms with Gasteiger partial charge in [0.05, 0.1) is 0 Å². The molecule has 0 saturated heterocycles. The Morgan fingerprint density at radius 3 is 2.83 bits per heavy atom. The predicted molar refractivity (Wildman–Crippen MR) is 79.5 cm³/mol. The lowest BCUT2D eigenvalue weighted by Crippen LogP contribution is -2.10. The molecular weight excluding hydrogens is 243 g/mol. The Balaban J connectivity index is 2.41. The van der Waals surface area contributed by atoms with Gasteiger partial charge in [0.25, 0.3) is 0 Å². The Hall–Kier alpha value is -1.41. The maximum atomic E-state index is 14.3. The summed E-state index contributed by atoms with van der Waals surface area (Å²) in [5.41, 5.74) is 0.482. The summed E-state index contributed by atoms with van der Waals surface area (Å²) in [7, 11) is 0. The van der Waals surface area contributed by atoms with Crippen LogP contribution in [0.1, 0.15) is 25.8 Å². The Morgan fingerprint density at radius 2 is 2.11 bits per heavy atom. The van der Waals surface area contributed by atoms with Crippen LogP contribution >= 0.6 is 11.3 Å². The summed E-state index contributed by atoms with van der Waals surface area (Å²) in [6, 6.07) is 8.08. The zero-order valence-electron chi connectivity index (χ0n) is 10.7. The monoisotopic (exact) mass is 260 g/mol. The van der Waals surface area contributed by atoms with Gasteiger partial charge in [0.2, 0.25) is 0 Å². The summed E-state index contributed by atoms with van der Waals surface area (Å²) in [6.07, 6.45) is 4.05. The second kappa shape index (κ2) is 5.07. The van der Waals surface area contributed by atoms with Gasteiger partial charge in [-0.05, 0) is 34.9 Å². The first kappa shape index (κ1) is 13.0. The van der Waals surface area contributed by atoms with Crippen molar-refractivity contribution >= 4 is 27.5 Å². The molecule has 18 heavy (non-hydrogen) atoms. The first-order chi connectivity index (χ1) is 8.54. The van der Waals surface area contributed by atoms with Crippen molar-refractivity contribution < 1.29 is 4.39 Å². The van der Waals surface area contributed by atoms with Gasteiger partial charge in [-0.25, -0.2) is 4.39 Å². The Bertz CT molecular complexity index is 590. The van der Waals surface area contributed by atoms with Crippen molar-refractivity contribution in [3.63, 3.8) is 0 Å². The van der Waals surface area contributed by atoms with Crippen molar-refractivity contribution in [3.8, 4) is 0 Å². The van der Waals surface area contributed by atoms with E-state index in [1.807, 2.05) is 37.4 Å². The molecule has 2 aromatic rings. The molecule has 2 rings (SSSR count). The van der Waals surface area contributed by atoms with Crippen LogP contribution in [0.2, 0.25) is 0 Å². The van der Waals surface area contributed by atoms with Crippen LogP contribution in [-0.4, -0.2) is 0 Å². The normalized spacial score (nSPS) is 12.9. The SMILES string of the molecule is C=CCC(C)(C)/C(F)=C\c1csc2ccccc12. The van der Waals surface area contributed by atoms with Gasteiger partial charge in [0.15, 0.2) is 0 Å². The Labute approximate surface area is 111 Å². The van der Waals surface area contributed by atoms with Crippen LogP contribution in [0.5, 0.6) is 0 Å². The van der Waals surface area contributed by atoms with E-state index in [4.69, 9.17) is 0 Å². The minimum absolute atomic E-state index is 0.0917. The van der Waals surface area contributed by atoms with Gasteiger partial charge in [0, 0.05) is 10.1 Å². The number of halogens is 1. The van der Waals surface area contributed by atoms with E-state index in [0.717, 1.165) is 10.9 Å². The molecule has 0 N–H and O–H groups in total. The highest BCUT2D eigenvalue weighted by Crippen LogP contribution is 2.35. The lowest BCUT2D eigenvalue weighted by atomic mass is 9.87. The predicted octanol–water partition coefficient (Wildman–Crippen LogP) is 5.81. The van der Waals surface area contributed by atoms with Crippen LogP contribution in [0.3, 0.4) is 0 Å². The number of hydrogen-bond donors (Lipinski definition) is 0. The maximum absolute atomic E-state index is 14.3. The van der Waals surface area contributed by atoms with Gasteiger partial charge >= 0.3 is 0 Å². The standard InChI is InChI=1S/C16H17FS/c1-4-9-16(2,3)15(17)10-12-11-18-14-8-6-5-7-13(12)14/h4-8,10-11H,1,9H2,2-3H3/b15-10+. The number of benzene rings is 1. The molecule has 1 heterocycles. The van der Waals surface area contributed by atoms with Gasteiger partial charge < -0.3 is 0 Å². The second-order valence-corrected chi connectivity index (χ2v) is 5.97. The van der Waals surface area contributed by atoms with Crippen molar-refractivity contribution in [1.82, 2.24) is 0 Å². The molecule has 0 fully saturated rings. The summed E-state index contributed by atoms with van der Waals surface area (Å²) in [6.45, 7) is 7.48.